The Hall–Kier alpha value is -3.08. The zero-order chi connectivity index (χ0) is 15.4. The molecule has 106 valence electrons. The molecule has 0 amide bonds. The molecule has 0 aliphatic heterocycles. The van der Waals surface area contributed by atoms with Gasteiger partial charge in [0.2, 0.25) is 5.95 Å². The first-order chi connectivity index (χ1) is 10.0. The van der Waals surface area contributed by atoms with Gasteiger partial charge in [0.1, 0.15) is 12.0 Å². The minimum absolute atomic E-state index is 0.0399. The summed E-state index contributed by atoms with van der Waals surface area (Å²) in [6.07, 6.45) is 1.05. The molecule has 7 nitrogen and oxygen atoms in total. The smallest absolute Gasteiger partial charge is 0.313 e. The maximum absolute atomic E-state index is 13.5. The quantitative estimate of drug-likeness (QED) is 0.684. The van der Waals surface area contributed by atoms with Gasteiger partial charge in [0.25, 0.3) is 0 Å². The van der Waals surface area contributed by atoms with Crippen LogP contribution in [0.4, 0.5) is 16.0 Å². The molecule has 0 saturated carbocycles. The van der Waals surface area contributed by atoms with E-state index in [2.05, 4.69) is 15.3 Å². The van der Waals surface area contributed by atoms with Gasteiger partial charge in [-0.1, -0.05) is 0 Å². The average molecular weight is 287 g/mol. The highest BCUT2D eigenvalue weighted by Crippen LogP contribution is 2.29. The fourth-order valence-corrected chi connectivity index (χ4v) is 1.76. The van der Waals surface area contributed by atoms with E-state index in [0.29, 0.717) is 6.54 Å². The normalized spacial score (nSPS) is 9.95. The monoisotopic (exact) mass is 287 g/mol. The summed E-state index contributed by atoms with van der Waals surface area (Å²) in [5, 5.41) is 22.7. The van der Waals surface area contributed by atoms with Gasteiger partial charge in [0.15, 0.2) is 5.69 Å². The summed E-state index contributed by atoms with van der Waals surface area (Å²) in [6.45, 7) is 2.35. The molecule has 1 aromatic heterocycles. The molecular formula is C13H10FN5O2. The molecule has 0 bridgehead atoms. The fourth-order valence-electron chi connectivity index (χ4n) is 1.76. The number of aromatic nitrogens is 2. The molecule has 0 aliphatic carbocycles. The van der Waals surface area contributed by atoms with Crippen molar-refractivity contribution >= 4 is 11.6 Å². The van der Waals surface area contributed by atoms with Crippen molar-refractivity contribution in [1.82, 2.24) is 9.97 Å². The third-order valence-electron chi connectivity index (χ3n) is 2.60. The third kappa shape index (κ3) is 3.09. The predicted octanol–water partition coefficient (Wildman–Crippen LogP) is 2.49. The topological polar surface area (TPSA) is 105 Å². The molecule has 8 heteroatoms. The van der Waals surface area contributed by atoms with Gasteiger partial charge in [-0.05, 0) is 25.1 Å². The van der Waals surface area contributed by atoms with E-state index in [4.69, 9.17) is 5.26 Å². The number of hydrogen-bond donors (Lipinski definition) is 1. The number of halogens is 1. The summed E-state index contributed by atoms with van der Waals surface area (Å²) in [7, 11) is 0. The van der Waals surface area contributed by atoms with E-state index in [-0.39, 0.29) is 28.5 Å². The Morgan fingerprint density at radius 2 is 2.24 bits per heavy atom. The number of hydrogen-bond acceptors (Lipinski definition) is 6. The summed E-state index contributed by atoms with van der Waals surface area (Å²) in [4.78, 5) is 18.2. The lowest BCUT2D eigenvalue weighted by Crippen LogP contribution is -2.05. The highest BCUT2D eigenvalue weighted by Gasteiger charge is 2.20. The molecule has 1 heterocycles. The van der Waals surface area contributed by atoms with Crippen molar-refractivity contribution < 1.29 is 9.31 Å². The van der Waals surface area contributed by atoms with Crippen molar-refractivity contribution in [2.24, 2.45) is 0 Å². The second-order valence-corrected chi connectivity index (χ2v) is 4.06. The number of benzene rings is 1. The summed E-state index contributed by atoms with van der Waals surface area (Å²) in [5.74, 6) is -0.470. The van der Waals surface area contributed by atoms with E-state index in [0.717, 1.165) is 18.3 Å². The molecule has 21 heavy (non-hydrogen) atoms. The van der Waals surface area contributed by atoms with Crippen LogP contribution < -0.4 is 5.32 Å². The predicted molar refractivity (Wildman–Crippen MR) is 73.0 cm³/mol. The molecule has 1 aromatic carbocycles. The third-order valence-corrected chi connectivity index (χ3v) is 2.60. The molecule has 1 N–H and O–H groups in total. The Labute approximate surface area is 119 Å². The number of nitro groups is 1. The fraction of sp³-hybridized carbons (Fsp3) is 0.154. The summed E-state index contributed by atoms with van der Waals surface area (Å²) in [5.41, 5.74) is -0.184. The van der Waals surface area contributed by atoms with Crippen LogP contribution in [0.2, 0.25) is 0 Å². The second-order valence-electron chi connectivity index (χ2n) is 4.06. The van der Waals surface area contributed by atoms with Gasteiger partial charge in [-0.3, -0.25) is 10.1 Å². The highest BCUT2D eigenvalue weighted by molar-refractivity contribution is 5.71. The maximum Gasteiger partial charge on any atom is 0.313 e. The van der Waals surface area contributed by atoms with Crippen LogP contribution in [0.25, 0.3) is 11.3 Å². The van der Waals surface area contributed by atoms with E-state index in [9.17, 15) is 14.5 Å². The minimum Gasteiger partial charge on any atom is -0.354 e. The van der Waals surface area contributed by atoms with E-state index < -0.39 is 10.7 Å². The number of anilines is 1. The van der Waals surface area contributed by atoms with Crippen molar-refractivity contribution in [3.63, 3.8) is 0 Å². The molecule has 0 aliphatic rings. The lowest BCUT2D eigenvalue weighted by molar-refractivity contribution is -0.384. The Kier molecular flexibility index (Phi) is 4.04. The highest BCUT2D eigenvalue weighted by atomic mass is 19.1. The zero-order valence-electron chi connectivity index (χ0n) is 11.0. The van der Waals surface area contributed by atoms with E-state index in [1.807, 2.05) is 6.92 Å². The van der Waals surface area contributed by atoms with Crippen LogP contribution in [0.3, 0.4) is 0 Å². The van der Waals surface area contributed by atoms with Gasteiger partial charge in [-0.25, -0.2) is 14.4 Å². The van der Waals surface area contributed by atoms with Gasteiger partial charge >= 0.3 is 5.69 Å². The van der Waals surface area contributed by atoms with Crippen molar-refractivity contribution in [2.75, 3.05) is 11.9 Å². The van der Waals surface area contributed by atoms with Gasteiger partial charge < -0.3 is 5.32 Å². The van der Waals surface area contributed by atoms with Crippen LogP contribution in [-0.4, -0.2) is 21.4 Å². The largest absolute Gasteiger partial charge is 0.354 e. The van der Waals surface area contributed by atoms with Gasteiger partial charge in [0.05, 0.1) is 16.6 Å². The van der Waals surface area contributed by atoms with Crippen molar-refractivity contribution in [1.29, 1.82) is 5.26 Å². The lowest BCUT2D eigenvalue weighted by Gasteiger charge is -2.06. The summed E-state index contributed by atoms with van der Waals surface area (Å²) >= 11 is 0. The van der Waals surface area contributed by atoms with Gasteiger partial charge in [-0.15, -0.1) is 0 Å². The first kappa shape index (κ1) is 14.3. The van der Waals surface area contributed by atoms with Crippen LogP contribution >= 0.6 is 0 Å². The number of nitrogens with one attached hydrogen (secondary N) is 1. The van der Waals surface area contributed by atoms with E-state index in [1.54, 1.807) is 6.07 Å². The number of nitrogens with zero attached hydrogens (tertiary/aromatic N) is 4. The summed E-state index contributed by atoms with van der Waals surface area (Å²) in [6, 6.07) is 5.27. The SMILES string of the molecule is CCNc1ncc([N+](=O)[O-])c(-c2cc(F)cc(C#N)c2)n1. The minimum atomic E-state index is -0.665. The van der Waals surface area contributed by atoms with Crippen LogP contribution in [-0.2, 0) is 0 Å². The first-order valence-corrected chi connectivity index (χ1v) is 6.01. The van der Waals surface area contributed by atoms with Crippen molar-refractivity contribution in [3.05, 3.63) is 45.9 Å². The molecule has 0 unspecified atom stereocenters. The molecule has 2 rings (SSSR count). The lowest BCUT2D eigenvalue weighted by atomic mass is 10.1. The van der Waals surface area contributed by atoms with Crippen molar-refractivity contribution in [3.8, 4) is 17.3 Å². The van der Waals surface area contributed by atoms with Crippen LogP contribution in [0, 0.1) is 27.3 Å². The van der Waals surface area contributed by atoms with E-state index in [1.165, 1.54) is 6.07 Å². The molecule has 0 saturated heterocycles. The molecule has 0 spiro atoms. The Balaban J connectivity index is 2.65. The second kappa shape index (κ2) is 5.92. The zero-order valence-corrected chi connectivity index (χ0v) is 11.0. The molecular weight excluding hydrogens is 277 g/mol. The van der Waals surface area contributed by atoms with Gasteiger partial charge in [0, 0.05) is 12.1 Å². The maximum atomic E-state index is 13.5. The van der Waals surface area contributed by atoms with E-state index >= 15 is 0 Å². The first-order valence-electron chi connectivity index (χ1n) is 6.01. The molecule has 2 aromatic rings. The van der Waals surface area contributed by atoms with Crippen LogP contribution in [0.5, 0.6) is 0 Å². The van der Waals surface area contributed by atoms with Crippen LogP contribution in [0.1, 0.15) is 12.5 Å². The Morgan fingerprint density at radius 3 is 2.86 bits per heavy atom. The standard InChI is InChI=1S/C13H10FN5O2/c1-2-16-13-17-7-11(19(20)21)12(18-13)9-3-8(6-15)4-10(14)5-9/h3-5,7H,2H2,1H3,(H,16,17,18). The summed E-state index contributed by atoms with van der Waals surface area (Å²) < 4.78 is 13.5. The molecule has 0 atom stereocenters. The van der Waals surface area contributed by atoms with Crippen molar-refractivity contribution in [2.45, 2.75) is 6.92 Å². The number of rotatable bonds is 4. The Bertz CT molecular complexity index is 742. The Morgan fingerprint density at radius 1 is 1.48 bits per heavy atom. The van der Waals surface area contributed by atoms with Gasteiger partial charge in [-0.2, -0.15) is 5.26 Å². The van der Waals surface area contributed by atoms with Crippen LogP contribution in [0.15, 0.2) is 24.4 Å². The average Bonchev–Trinajstić information content (AvgIpc) is 2.46. The molecule has 0 fully saturated rings. The molecule has 0 radical (unpaired) electrons. The number of nitriles is 1.